The molecule has 1 N–H and O–H groups in total. The fourth-order valence-electron chi connectivity index (χ4n) is 3.35. The molecule has 136 valence electrons. The number of hydrogen-bond acceptors (Lipinski definition) is 3. The Kier molecular flexibility index (Phi) is 5.26. The number of aryl methyl sites for hydroxylation is 3. The molecule has 5 nitrogen and oxygen atoms in total. The first-order valence-corrected chi connectivity index (χ1v) is 8.85. The second-order valence-corrected chi connectivity index (χ2v) is 6.75. The number of rotatable bonds is 5. The summed E-state index contributed by atoms with van der Waals surface area (Å²) < 4.78 is 5.57. The first-order valence-electron chi connectivity index (χ1n) is 8.85. The summed E-state index contributed by atoms with van der Waals surface area (Å²) in [6, 6.07) is 11.4. The molecule has 0 saturated carbocycles. The molecule has 0 spiro atoms. The summed E-state index contributed by atoms with van der Waals surface area (Å²) in [5, 5.41) is 2.92. The standard InChI is InChI=1S/C21H24N2O3/c1-14-11-15(2)21(16(3)12-14)22-19(24)13-26-18-8-6-17(7-9-18)23-10-4-5-20(23)25/h6-9,11-12H,4-5,10,13H2,1-3H3,(H,22,24). The molecule has 1 aliphatic heterocycles. The van der Waals surface area contributed by atoms with Crippen molar-refractivity contribution in [2.75, 3.05) is 23.4 Å². The molecule has 1 heterocycles. The number of nitrogens with one attached hydrogen (secondary N) is 1. The lowest BCUT2D eigenvalue weighted by molar-refractivity contribution is -0.118. The van der Waals surface area contributed by atoms with Crippen LogP contribution in [0.2, 0.25) is 0 Å². The molecular formula is C21H24N2O3. The molecule has 0 radical (unpaired) electrons. The molecule has 0 atom stereocenters. The normalized spacial score (nSPS) is 13.8. The first kappa shape index (κ1) is 18.0. The van der Waals surface area contributed by atoms with Gasteiger partial charge in [0.2, 0.25) is 5.91 Å². The molecule has 2 amide bonds. The number of anilines is 2. The summed E-state index contributed by atoms with van der Waals surface area (Å²) in [5.41, 5.74) is 4.96. The molecule has 0 unspecified atom stereocenters. The third-order valence-electron chi connectivity index (χ3n) is 4.53. The first-order chi connectivity index (χ1) is 12.4. The van der Waals surface area contributed by atoms with Crippen LogP contribution in [-0.2, 0) is 9.59 Å². The second kappa shape index (κ2) is 7.60. The Morgan fingerprint density at radius 2 is 1.77 bits per heavy atom. The van der Waals surface area contributed by atoms with E-state index in [0.29, 0.717) is 12.2 Å². The zero-order chi connectivity index (χ0) is 18.7. The van der Waals surface area contributed by atoms with Crippen molar-refractivity contribution in [1.82, 2.24) is 0 Å². The predicted octanol–water partition coefficient (Wildman–Crippen LogP) is 3.76. The predicted molar refractivity (Wildman–Crippen MR) is 103 cm³/mol. The highest BCUT2D eigenvalue weighted by Crippen LogP contribution is 2.24. The molecule has 2 aromatic rings. The number of amides is 2. The maximum Gasteiger partial charge on any atom is 0.262 e. The molecule has 0 bridgehead atoms. The highest BCUT2D eigenvalue weighted by molar-refractivity contribution is 5.95. The van der Waals surface area contributed by atoms with Crippen LogP contribution in [-0.4, -0.2) is 25.0 Å². The fraction of sp³-hybridized carbons (Fsp3) is 0.333. The Morgan fingerprint density at radius 1 is 1.12 bits per heavy atom. The van der Waals surface area contributed by atoms with E-state index < -0.39 is 0 Å². The molecule has 5 heteroatoms. The Morgan fingerprint density at radius 3 is 2.35 bits per heavy atom. The van der Waals surface area contributed by atoms with Gasteiger partial charge in [0, 0.05) is 24.3 Å². The SMILES string of the molecule is Cc1cc(C)c(NC(=O)COc2ccc(N3CCCC3=O)cc2)c(C)c1. The van der Waals surface area contributed by atoms with Crippen molar-refractivity contribution >= 4 is 23.2 Å². The maximum atomic E-state index is 12.2. The van der Waals surface area contributed by atoms with Crippen LogP contribution in [0.3, 0.4) is 0 Å². The molecular weight excluding hydrogens is 328 g/mol. The molecule has 0 aliphatic carbocycles. The quantitative estimate of drug-likeness (QED) is 0.891. The van der Waals surface area contributed by atoms with Crippen LogP contribution in [0, 0.1) is 20.8 Å². The van der Waals surface area contributed by atoms with Gasteiger partial charge in [0.25, 0.3) is 5.91 Å². The van der Waals surface area contributed by atoms with Gasteiger partial charge in [-0.05, 0) is 62.6 Å². The minimum atomic E-state index is -0.196. The topological polar surface area (TPSA) is 58.6 Å². The van der Waals surface area contributed by atoms with E-state index in [-0.39, 0.29) is 18.4 Å². The summed E-state index contributed by atoms with van der Waals surface area (Å²) in [5.74, 6) is 0.564. The van der Waals surface area contributed by atoms with Crippen molar-refractivity contribution in [1.29, 1.82) is 0 Å². The molecule has 1 saturated heterocycles. The highest BCUT2D eigenvalue weighted by Gasteiger charge is 2.21. The lowest BCUT2D eigenvalue weighted by Crippen LogP contribution is -2.23. The smallest absolute Gasteiger partial charge is 0.262 e. The Bertz CT molecular complexity index is 805. The highest BCUT2D eigenvalue weighted by atomic mass is 16.5. The minimum Gasteiger partial charge on any atom is -0.484 e. The van der Waals surface area contributed by atoms with Crippen LogP contribution in [0.15, 0.2) is 36.4 Å². The Balaban J connectivity index is 1.57. The van der Waals surface area contributed by atoms with Gasteiger partial charge in [0.1, 0.15) is 5.75 Å². The summed E-state index contributed by atoms with van der Waals surface area (Å²) in [6.45, 7) is 6.70. The van der Waals surface area contributed by atoms with Gasteiger partial charge in [0.15, 0.2) is 6.61 Å². The van der Waals surface area contributed by atoms with Crippen LogP contribution in [0.25, 0.3) is 0 Å². The van der Waals surface area contributed by atoms with E-state index in [0.717, 1.165) is 35.5 Å². The fourth-order valence-corrected chi connectivity index (χ4v) is 3.35. The van der Waals surface area contributed by atoms with E-state index in [1.807, 2.05) is 45.0 Å². The lowest BCUT2D eigenvalue weighted by Gasteiger charge is -2.16. The number of nitrogens with zero attached hydrogens (tertiary/aromatic N) is 1. The molecule has 3 rings (SSSR count). The van der Waals surface area contributed by atoms with E-state index in [1.165, 1.54) is 5.56 Å². The van der Waals surface area contributed by atoms with Gasteiger partial charge < -0.3 is 15.0 Å². The molecule has 1 fully saturated rings. The summed E-state index contributed by atoms with van der Waals surface area (Å²) in [6.07, 6.45) is 1.51. The van der Waals surface area contributed by atoms with Crippen LogP contribution in [0.4, 0.5) is 11.4 Å². The van der Waals surface area contributed by atoms with E-state index in [4.69, 9.17) is 4.74 Å². The Labute approximate surface area is 154 Å². The Hall–Kier alpha value is -2.82. The molecule has 1 aliphatic rings. The number of carbonyl (C=O) groups is 2. The monoisotopic (exact) mass is 352 g/mol. The van der Waals surface area contributed by atoms with Gasteiger partial charge in [0.05, 0.1) is 0 Å². The van der Waals surface area contributed by atoms with E-state index in [2.05, 4.69) is 5.32 Å². The van der Waals surface area contributed by atoms with Gasteiger partial charge in [-0.15, -0.1) is 0 Å². The van der Waals surface area contributed by atoms with E-state index in [1.54, 1.807) is 17.0 Å². The summed E-state index contributed by atoms with van der Waals surface area (Å²) in [7, 11) is 0. The van der Waals surface area contributed by atoms with Crippen molar-refractivity contribution in [3.8, 4) is 5.75 Å². The number of hydrogen-bond donors (Lipinski definition) is 1. The average Bonchev–Trinajstić information content (AvgIpc) is 3.03. The van der Waals surface area contributed by atoms with Gasteiger partial charge >= 0.3 is 0 Å². The lowest BCUT2D eigenvalue weighted by atomic mass is 10.1. The van der Waals surface area contributed by atoms with Crippen LogP contribution < -0.4 is 15.0 Å². The van der Waals surface area contributed by atoms with Crippen LogP contribution in [0.1, 0.15) is 29.5 Å². The third kappa shape index (κ3) is 4.04. The van der Waals surface area contributed by atoms with Gasteiger partial charge in [-0.25, -0.2) is 0 Å². The van der Waals surface area contributed by atoms with Crippen molar-refractivity contribution in [3.63, 3.8) is 0 Å². The molecule has 0 aromatic heterocycles. The zero-order valence-corrected chi connectivity index (χ0v) is 15.5. The van der Waals surface area contributed by atoms with Crippen molar-refractivity contribution in [2.45, 2.75) is 33.6 Å². The van der Waals surface area contributed by atoms with Crippen molar-refractivity contribution < 1.29 is 14.3 Å². The van der Waals surface area contributed by atoms with E-state index in [9.17, 15) is 9.59 Å². The summed E-state index contributed by atoms with van der Waals surface area (Å²) >= 11 is 0. The average molecular weight is 352 g/mol. The second-order valence-electron chi connectivity index (χ2n) is 6.75. The van der Waals surface area contributed by atoms with E-state index >= 15 is 0 Å². The number of ether oxygens (including phenoxy) is 1. The summed E-state index contributed by atoms with van der Waals surface area (Å²) in [4.78, 5) is 25.7. The van der Waals surface area contributed by atoms with Crippen molar-refractivity contribution in [2.24, 2.45) is 0 Å². The third-order valence-corrected chi connectivity index (χ3v) is 4.53. The number of carbonyl (C=O) groups excluding carboxylic acids is 2. The van der Waals surface area contributed by atoms with Gasteiger partial charge in [-0.3, -0.25) is 9.59 Å². The largest absolute Gasteiger partial charge is 0.484 e. The molecule has 2 aromatic carbocycles. The maximum absolute atomic E-state index is 12.2. The zero-order valence-electron chi connectivity index (χ0n) is 15.5. The minimum absolute atomic E-state index is 0.0608. The van der Waals surface area contributed by atoms with Gasteiger partial charge in [-0.1, -0.05) is 17.7 Å². The van der Waals surface area contributed by atoms with Crippen LogP contribution >= 0.6 is 0 Å². The van der Waals surface area contributed by atoms with Crippen LogP contribution in [0.5, 0.6) is 5.75 Å². The van der Waals surface area contributed by atoms with Gasteiger partial charge in [-0.2, -0.15) is 0 Å². The molecule has 26 heavy (non-hydrogen) atoms. The number of benzene rings is 2. The van der Waals surface area contributed by atoms with Crippen molar-refractivity contribution in [3.05, 3.63) is 53.1 Å².